The number of unbranched alkanes of at least 4 members (excludes halogenated alkanes) is 2. The molecule has 4 rings (SSSR count). The number of fused-ring (bicyclic) bond motifs is 1. The fourth-order valence-corrected chi connectivity index (χ4v) is 5.72. The first-order valence-electron chi connectivity index (χ1n) is 17.8. The number of aromatic nitrogens is 3. The van der Waals surface area contributed by atoms with Crippen LogP contribution < -0.4 is 15.0 Å². The van der Waals surface area contributed by atoms with Gasteiger partial charge in [-0.2, -0.15) is 9.94 Å². The van der Waals surface area contributed by atoms with E-state index in [0.717, 1.165) is 62.9 Å². The highest BCUT2D eigenvalue weighted by Gasteiger charge is 2.35. The van der Waals surface area contributed by atoms with Gasteiger partial charge >= 0.3 is 0 Å². The molecule has 2 aromatic carbocycles. The maximum Gasteiger partial charge on any atom is 0.227 e. The zero-order chi connectivity index (χ0) is 36.4. The molecule has 0 saturated carbocycles. The van der Waals surface area contributed by atoms with Gasteiger partial charge in [-0.1, -0.05) is 40.0 Å². The Bertz CT molecular complexity index is 1750. The van der Waals surface area contributed by atoms with Gasteiger partial charge < -0.3 is 24.4 Å². The van der Waals surface area contributed by atoms with Gasteiger partial charge in [0.2, 0.25) is 11.7 Å². The van der Waals surface area contributed by atoms with E-state index < -0.39 is 5.60 Å². The van der Waals surface area contributed by atoms with Crippen LogP contribution in [0.5, 0.6) is 5.75 Å². The molecule has 268 valence electrons. The minimum atomic E-state index is -0.463. The van der Waals surface area contributed by atoms with Crippen LogP contribution >= 0.6 is 0 Å². The Kier molecular flexibility index (Phi) is 13.2. The van der Waals surface area contributed by atoms with Gasteiger partial charge in [0.05, 0.1) is 24.0 Å². The summed E-state index contributed by atoms with van der Waals surface area (Å²) in [6, 6.07) is 13.8. The van der Waals surface area contributed by atoms with Crippen LogP contribution in [0.25, 0.3) is 17.1 Å². The highest BCUT2D eigenvalue weighted by Crippen LogP contribution is 2.36. The van der Waals surface area contributed by atoms with Crippen molar-refractivity contribution in [2.45, 2.75) is 99.5 Å². The summed E-state index contributed by atoms with van der Waals surface area (Å²) in [7, 11) is 1.58. The van der Waals surface area contributed by atoms with Crippen molar-refractivity contribution in [1.29, 1.82) is 5.26 Å². The van der Waals surface area contributed by atoms with Crippen LogP contribution in [-0.4, -0.2) is 59.1 Å². The molecule has 11 nitrogen and oxygen atoms in total. The number of carbonyl (C=O) groups is 1. The van der Waals surface area contributed by atoms with Crippen LogP contribution in [0.15, 0.2) is 47.0 Å². The van der Waals surface area contributed by atoms with Crippen molar-refractivity contribution < 1.29 is 19.0 Å². The lowest BCUT2D eigenvalue weighted by Crippen LogP contribution is -2.23. The van der Waals surface area contributed by atoms with Gasteiger partial charge in [0, 0.05) is 30.4 Å². The van der Waals surface area contributed by atoms with E-state index in [-0.39, 0.29) is 30.0 Å². The third-order valence-electron chi connectivity index (χ3n) is 8.68. The van der Waals surface area contributed by atoms with Crippen LogP contribution in [0.2, 0.25) is 0 Å². The Morgan fingerprint density at radius 2 is 1.86 bits per heavy atom. The lowest BCUT2D eigenvalue weighted by Gasteiger charge is -2.23. The predicted molar refractivity (Wildman–Crippen MR) is 200 cm³/mol. The first-order chi connectivity index (χ1) is 24.0. The number of rotatable bonds is 17. The number of aryl methyl sites for hydroxylation is 1. The van der Waals surface area contributed by atoms with Crippen molar-refractivity contribution in [2.24, 2.45) is 10.9 Å². The number of anilines is 2. The molecule has 1 N–H and O–H groups in total. The monoisotopic (exact) mass is 683 g/mol. The maximum absolute atomic E-state index is 13.2. The van der Waals surface area contributed by atoms with E-state index in [2.05, 4.69) is 49.2 Å². The van der Waals surface area contributed by atoms with Gasteiger partial charge in [-0.05, 0) is 95.8 Å². The average Bonchev–Trinajstić information content (AvgIpc) is 3.63. The van der Waals surface area contributed by atoms with Crippen molar-refractivity contribution in [1.82, 2.24) is 14.8 Å². The van der Waals surface area contributed by atoms with Crippen LogP contribution in [0, 0.1) is 24.2 Å². The van der Waals surface area contributed by atoms with Gasteiger partial charge in [-0.15, -0.1) is 5.10 Å². The molecule has 1 aliphatic heterocycles. The number of hydrogen-bond donors (Lipinski definition) is 1. The number of ether oxygens (including phenoxy) is 3. The quantitative estimate of drug-likeness (QED) is 0.140. The summed E-state index contributed by atoms with van der Waals surface area (Å²) in [5, 5.41) is 18.3. The third kappa shape index (κ3) is 9.10. The number of nitriles is 1. The lowest BCUT2D eigenvalue weighted by molar-refractivity contribution is -0.120. The van der Waals surface area contributed by atoms with Crippen LogP contribution in [0.4, 0.5) is 17.1 Å². The molecule has 0 fully saturated rings. The molecule has 0 spiro atoms. The molecule has 0 aliphatic carbocycles. The number of aliphatic imine (C=N–C) groups is 1. The summed E-state index contributed by atoms with van der Waals surface area (Å²) in [5.74, 6) is 1.61. The molecule has 2 heterocycles. The van der Waals surface area contributed by atoms with E-state index in [1.165, 1.54) is 4.68 Å². The summed E-state index contributed by atoms with van der Waals surface area (Å²) in [6.45, 7) is 18.1. The second kappa shape index (κ2) is 17.3. The minimum absolute atomic E-state index is 0.0169. The first kappa shape index (κ1) is 38.1. The molecular weight excluding hydrogens is 630 g/mol. The Labute approximate surface area is 297 Å². The fourth-order valence-electron chi connectivity index (χ4n) is 5.72. The number of methoxy groups -OCH3 is 1. The summed E-state index contributed by atoms with van der Waals surface area (Å²) < 4.78 is 19.2. The third-order valence-corrected chi connectivity index (χ3v) is 8.68. The molecule has 0 saturated heterocycles. The molecule has 50 heavy (non-hydrogen) atoms. The van der Waals surface area contributed by atoms with Gasteiger partial charge in [-0.25, -0.2) is 9.98 Å². The Morgan fingerprint density at radius 1 is 1.10 bits per heavy atom. The van der Waals surface area contributed by atoms with Crippen LogP contribution in [0.1, 0.15) is 98.4 Å². The van der Waals surface area contributed by atoms with E-state index in [1.54, 1.807) is 13.2 Å². The topological polar surface area (TPSA) is 127 Å². The van der Waals surface area contributed by atoms with Gasteiger partial charge in [0.1, 0.15) is 17.4 Å². The lowest BCUT2D eigenvalue weighted by atomic mass is 9.98. The molecule has 1 aliphatic rings. The largest absolute Gasteiger partial charge is 0.496 e. The smallest absolute Gasteiger partial charge is 0.227 e. The predicted octanol–water partition coefficient (Wildman–Crippen LogP) is 8.66. The number of nitrogens with zero attached hydrogens (tertiary/aromatic N) is 6. The summed E-state index contributed by atoms with van der Waals surface area (Å²) >= 11 is 0. The fraction of sp³-hybridized carbons (Fsp3) is 0.513. The number of hydrogen-bond acceptors (Lipinski definition) is 9. The first-order valence-corrected chi connectivity index (χ1v) is 17.8. The summed E-state index contributed by atoms with van der Waals surface area (Å²) in [6.07, 6.45) is 5.88. The maximum atomic E-state index is 13.2. The van der Waals surface area contributed by atoms with E-state index in [9.17, 15) is 10.1 Å². The highest BCUT2D eigenvalue weighted by atomic mass is 16.7. The van der Waals surface area contributed by atoms with Gasteiger partial charge in [0.15, 0.2) is 24.2 Å². The number of carbonyl (C=O) groups excluding carboxylic acids is 1. The molecule has 11 heteroatoms. The highest BCUT2D eigenvalue weighted by molar-refractivity contribution is 6.13. The minimum Gasteiger partial charge on any atom is -0.496 e. The zero-order valence-electron chi connectivity index (χ0n) is 31.2. The SMILES string of the molecule is CCCCC(CC)C(=O)Nc1ccc(OC)c(-c2nc3n(n2)/C(=N/c2ccc(N(CC)CCCC)cc2C)C(C#N)=C3OCOC(C)(C)C)c1. The van der Waals surface area contributed by atoms with E-state index >= 15 is 0 Å². The molecule has 3 aromatic rings. The van der Waals surface area contributed by atoms with Crippen molar-refractivity contribution >= 4 is 34.6 Å². The normalized spacial score (nSPS) is 14.0. The van der Waals surface area contributed by atoms with Crippen molar-refractivity contribution in [3.05, 3.63) is 53.4 Å². The standard InChI is InChI=1S/C39H53N7O4/c1-10-14-16-27(12-3)38(47)41-28-17-20-33(48-9)30(23-28)35-43-37-34(49-25-50-39(6,7)8)31(24-40)36(46(37)44-35)42-32-19-18-29(22-26(32)5)45(13-4)21-15-11-2/h17-20,22-23,27H,10-16,21,25H2,1-9H3,(H,41,47)/b42-36+. The molecule has 1 aromatic heterocycles. The number of nitrogens with one attached hydrogen (secondary N) is 1. The van der Waals surface area contributed by atoms with Gasteiger partial charge in [-0.3, -0.25) is 4.79 Å². The Balaban J connectivity index is 1.78. The summed E-state index contributed by atoms with van der Waals surface area (Å²) in [4.78, 5) is 25.3. The molecular formula is C39H53N7O4. The Morgan fingerprint density at radius 3 is 2.48 bits per heavy atom. The van der Waals surface area contributed by atoms with Crippen molar-refractivity contribution in [3.8, 4) is 23.2 Å². The molecule has 1 unspecified atom stereocenters. The number of benzene rings is 2. The van der Waals surface area contributed by atoms with E-state index in [1.807, 2.05) is 52.8 Å². The molecule has 0 bridgehead atoms. The van der Waals surface area contributed by atoms with Gasteiger partial charge in [0.25, 0.3) is 0 Å². The van der Waals surface area contributed by atoms with E-state index in [0.29, 0.717) is 40.2 Å². The van der Waals surface area contributed by atoms with Crippen molar-refractivity contribution in [2.75, 3.05) is 37.2 Å². The number of allylic oxidation sites excluding steroid dienone is 1. The zero-order valence-corrected chi connectivity index (χ0v) is 31.2. The van der Waals surface area contributed by atoms with Crippen molar-refractivity contribution in [3.63, 3.8) is 0 Å². The molecule has 1 amide bonds. The molecule has 1 atom stereocenters. The number of amides is 1. The van der Waals surface area contributed by atoms with E-state index in [4.69, 9.17) is 29.3 Å². The van der Waals surface area contributed by atoms with Crippen LogP contribution in [-0.2, 0) is 14.3 Å². The summed E-state index contributed by atoms with van der Waals surface area (Å²) in [5.41, 5.74) is 3.73. The second-order valence-electron chi connectivity index (χ2n) is 13.5. The molecule has 0 radical (unpaired) electrons. The average molecular weight is 684 g/mol. The van der Waals surface area contributed by atoms with Crippen LogP contribution in [0.3, 0.4) is 0 Å². The Hall–Kier alpha value is -4.69. The second-order valence-corrected chi connectivity index (χ2v) is 13.5.